The van der Waals surface area contributed by atoms with Crippen LogP contribution in [0, 0.1) is 13.8 Å². The van der Waals surface area contributed by atoms with E-state index in [2.05, 4.69) is 4.98 Å². The van der Waals surface area contributed by atoms with Crippen molar-refractivity contribution < 1.29 is 23.9 Å². The maximum Gasteiger partial charge on any atom is 0.355 e. The second-order valence-corrected chi connectivity index (χ2v) is 6.71. The van der Waals surface area contributed by atoms with Gasteiger partial charge < -0.3 is 19.4 Å². The molecule has 7 heteroatoms. The first-order valence-corrected chi connectivity index (χ1v) is 9.62. The largest absolute Gasteiger partial charge is 0.497 e. The molecule has 7 nitrogen and oxygen atoms in total. The standard InChI is InChI=1S/C22H28N2O5/c1-7-24(21(26)16-9-11-17(28-6)12-10-16)15(5)20(25)18-13(3)19(23-14(18)4)22(27)29-8-2/h9-12,15,23H,7-8H2,1-6H3/t15-/m0/s1. The summed E-state index contributed by atoms with van der Waals surface area (Å²) in [6, 6.07) is 6.07. The summed E-state index contributed by atoms with van der Waals surface area (Å²) in [5.41, 5.74) is 2.27. The lowest BCUT2D eigenvalue weighted by Gasteiger charge is -2.27. The van der Waals surface area contributed by atoms with Gasteiger partial charge >= 0.3 is 5.97 Å². The van der Waals surface area contributed by atoms with Crippen LogP contribution in [0.25, 0.3) is 0 Å². The number of ketones is 1. The summed E-state index contributed by atoms with van der Waals surface area (Å²) in [6.07, 6.45) is 0. The Bertz CT molecular complexity index is 899. The molecule has 156 valence electrons. The minimum atomic E-state index is -0.696. The highest BCUT2D eigenvalue weighted by Crippen LogP contribution is 2.23. The Morgan fingerprint density at radius 1 is 1.10 bits per heavy atom. The van der Waals surface area contributed by atoms with Crippen LogP contribution in [-0.4, -0.2) is 53.8 Å². The second-order valence-electron chi connectivity index (χ2n) is 6.71. The lowest BCUT2D eigenvalue weighted by molar-refractivity contribution is 0.0519. The van der Waals surface area contributed by atoms with Gasteiger partial charge in [0.05, 0.1) is 19.8 Å². The van der Waals surface area contributed by atoms with Gasteiger partial charge in [-0.3, -0.25) is 9.59 Å². The summed E-state index contributed by atoms with van der Waals surface area (Å²) in [5.74, 6) is -0.316. The Morgan fingerprint density at radius 3 is 2.24 bits per heavy atom. The van der Waals surface area contributed by atoms with Crippen molar-refractivity contribution in [2.24, 2.45) is 0 Å². The quantitative estimate of drug-likeness (QED) is 0.541. The van der Waals surface area contributed by atoms with E-state index in [1.165, 1.54) is 4.90 Å². The Kier molecular flexibility index (Phi) is 7.20. The molecule has 0 radical (unpaired) electrons. The van der Waals surface area contributed by atoms with Gasteiger partial charge in [0.2, 0.25) is 0 Å². The molecule has 0 aliphatic carbocycles. The highest BCUT2D eigenvalue weighted by atomic mass is 16.5. The Balaban J connectivity index is 2.31. The number of likely N-dealkylation sites (N-methyl/N-ethyl adjacent to an activating group) is 1. The lowest BCUT2D eigenvalue weighted by Crippen LogP contribution is -2.43. The molecule has 1 heterocycles. The number of nitrogens with zero attached hydrogens (tertiary/aromatic N) is 1. The predicted molar refractivity (Wildman–Crippen MR) is 110 cm³/mol. The van der Waals surface area contributed by atoms with Gasteiger partial charge in [0.15, 0.2) is 5.78 Å². The van der Waals surface area contributed by atoms with Crippen LogP contribution in [0.1, 0.15) is 63.2 Å². The van der Waals surface area contributed by atoms with Crippen LogP contribution in [0.3, 0.4) is 0 Å². The van der Waals surface area contributed by atoms with E-state index in [0.717, 1.165) is 0 Å². The highest BCUT2D eigenvalue weighted by Gasteiger charge is 2.31. The van der Waals surface area contributed by atoms with Crippen LogP contribution in [-0.2, 0) is 4.74 Å². The van der Waals surface area contributed by atoms with Crippen LogP contribution in [0.5, 0.6) is 5.75 Å². The lowest BCUT2D eigenvalue weighted by atomic mass is 9.99. The number of carbonyl (C=O) groups excluding carboxylic acids is 3. The number of aromatic amines is 1. The number of aromatic nitrogens is 1. The van der Waals surface area contributed by atoms with E-state index in [1.807, 2.05) is 6.92 Å². The number of rotatable bonds is 8. The van der Waals surface area contributed by atoms with Gasteiger partial charge in [-0.25, -0.2) is 4.79 Å². The van der Waals surface area contributed by atoms with Crippen molar-refractivity contribution in [3.63, 3.8) is 0 Å². The number of carbonyl (C=O) groups is 3. The molecule has 0 saturated carbocycles. The average Bonchev–Trinajstić information content (AvgIpc) is 3.02. The number of amides is 1. The number of benzene rings is 1. The number of methoxy groups -OCH3 is 1. The summed E-state index contributed by atoms with van der Waals surface area (Å²) in [5, 5.41) is 0. The third-order valence-electron chi connectivity index (χ3n) is 4.95. The molecule has 0 spiro atoms. The topological polar surface area (TPSA) is 88.7 Å². The molecule has 0 unspecified atom stereocenters. The molecule has 0 fully saturated rings. The third-order valence-corrected chi connectivity index (χ3v) is 4.95. The summed E-state index contributed by atoms with van der Waals surface area (Å²) in [7, 11) is 1.56. The molecule has 1 atom stereocenters. The first-order valence-electron chi connectivity index (χ1n) is 9.62. The number of hydrogen-bond donors (Lipinski definition) is 1. The fraction of sp³-hybridized carbons (Fsp3) is 0.409. The van der Waals surface area contributed by atoms with E-state index in [9.17, 15) is 14.4 Å². The molecular formula is C22H28N2O5. The molecule has 1 amide bonds. The minimum absolute atomic E-state index is 0.226. The average molecular weight is 400 g/mol. The van der Waals surface area contributed by atoms with Crippen LogP contribution in [0.15, 0.2) is 24.3 Å². The third kappa shape index (κ3) is 4.50. The van der Waals surface area contributed by atoms with Gasteiger partial charge in [-0.05, 0) is 64.4 Å². The molecule has 2 rings (SSSR count). The first-order chi connectivity index (χ1) is 13.8. The zero-order chi connectivity index (χ0) is 21.7. The van der Waals surface area contributed by atoms with Gasteiger partial charge in [0, 0.05) is 23.4 Å². The molecular weight excluding hydrogens is 372 g/mol. The summed E-state index contributed by atoms with van der Waals surface area (Å²) >= 11 is 0. The SMILES string of the molecule is CCOC(=O)c1[nH]c(C)c(C(=O)[C@H](C)N(CC)C(=O)c2ccc(OC)cc2)c1C. The smallest absolute Gasteiger partial charge is 0.355 e. The maximum atomic E-state index is 13.2. The van der Waals surface area contributed by atoms with Crippen molar-refractivity contribution in [1.82, 2.24) is 9.88 Å². The van der Waals surface area contributed by atoms with Gasteiger partial charge in [-0.1, -0.05) is 0 Å². The van der Waals surface area contributed by atoms with E-state index in [-0.39, 0.29) is 24.0 Å². The van der Waals surface area contributed by atoms with Gasteiger partial charge in [-0.15, -0.1) is 0 Å². The maximum absolute atomic E-state index is 13.2. The van der Waals surface area contributed by atoms with Crippen LogP contribution in [0.2, 0.25) is 0 Å². The van der Waals surface area contributed by atoms with Crippen LogP contribution >= 0.6 is 0 Å². The summed E-state index contributed by atoms with van der Waals surface area (Å²) < 4.78 is 10.2. The Hall–Kier alpha value is -3.09. The van der Waals surface area contributed by atoms with E-state index in [0.29, 0.717) is 34.7 Å². The van der Waals surface area contributed by atoms with Gasteiger partial charge in [0.1, 0.15) is 11.4 Å². The number of ether oxygens (including phenoxy) is 2. The molecule has 29 heavy (non-hydrogen) atoms. The molecule has 0 aliphatic rings. The fourth-order valence-electron chi connectivity index (χ4n) is 3.37. The molecule has 1 N–H and O–H groups in total. The van der Waals surface area contributed by atoms with Gasteiger partial charge in [0.25, 0.3) is 5.91 Å². The van der Waals surface area contributed by atoms with Crippen molar-refractivity contribution in [3.05, 3.63) is 52.3 Å². The zero-order valence-corrected chi connectivity index (χ0v) is 17.8. The van der Waals surface area contributed by atoms with E-state index >= 15 is 0 Å². The highest BCUT2D eigenvalue weighted by molar-refractivity contribution is 6.07. The van der Waals surface area contributed by atoms with Crippen LogP contribution < -0.4 is 4.74 Å². The molecule has 2 aromatic rings. The summed E-state index contributed by atoms with van der Waals surface area (Å²) in [4.78, 5) is 42.8. The second kappa shape index (κ2) is 9.41. The van der Waals surface area contributed by atoms with Crippen molar-refractivity contribution in [2.45, 2.75) is 40.7 Å². The monoisotopic (exact) mass is 400 g/mol. The van der Waals surface area contributed by atoms with Crippen molar-refractivity contribution >= 4 is 17.7 Å². The minimum Gasteiger partial charge on any atom is -0.497 e. The molecule has 0 aliphatic heterocycles. The number of aryl methyl sites for hydroxylation is 1. The zero-order valence-electron chi connectivity index (χ0n) is 17.8. The fourth-order valence-corrected chi connectivity index (χ4v) is 3.37. The van der Waals surface area contributed by atoms with Crippen molar-refractivity contribution in [1.29, 1.82) is 0 Å². The molecule has 0 saturated heterocycles. The van der Waals surface area contributed by atoms with E-state index < -0.39 is 12.0 Å². The Morgan fingerprint density at radius 2 is 1.72 bits per heavy atom. The number of hydrogen-bond acceptors (Lipinski definition) is 5. The predicted octanol–water partition coefficient (Wildman–Crippen LogP) is 3.55. The van der Waals surface area contributed by atoms with Gasteiger partial charge in [-0.2, -0.15) is 0 Å². The van der Waals surface area contributed by atoms with E-state index in [4.69, 9.17) is 9.47 Å². The van der Waals surface area contributed by atoms with Crippen molar-refractivity contribution in [3.8, 4) is 5.75 Å². The molecule has 0 bridgehead atoms. The Labute approximate surface area is 171 Å². The normalized spacial score (nSPS) is 11.7. The summed E-state index contributed by atoms with van der Waals surface area (Å²) in [6.45, 7) is 9.30. The number of esters is 1. The van der Waals surface area contributed by atoms with Crippen LogP contribution in [0.4, 0.5) is 0 Å². The molecule has 1 aromatic heterocycles. The number of H-pyrrole nitrogens is 1. The van der Waals surface area contributed by atoms with E-state index in [1.54, 1.807) is 59.1 Å². The number of Topliss-reactive ketones (excluding diaryl/α,β-unsaturated/α-hetero) is 1. The first kappa shape index (κ1) is 22.2. The number of nitrogens with one attached hydrogen (secondary N) is 1. The van der Waals surface area contributed by atoms with Crippen molar-refractivity contribution in [2.75, 3.05) is 20.3 Å². The molecule has 1 aromatic carbocycles.